The number of rotatable bonds is 8. The highest BCUT2D eigenvalue weighted by molar-refractivity contribution is 5.91. The summed E-state index contributed by atoms with van der Waals surface area (Å²) in [5.41, 5.74) is 6.76. The number of alkyl halides is 3. The Morgan fingerprint density at radius 2 is 1.59 bits per heavy atom. The predicted molar refractivity (Wildman–Crippen MR) is 98.5 cm³/mol. The van der Waals surface area contributed by atoms with Crippen LogP contribution in [0.25, 0.3) is 0 Å². The standard InChI is InChI=1S/C19H20F3N3O2/c1-26-16-6-4-15(5-7-16)12-27-17-8-2-14(3-9-17)10-11-24-13-25-18(23)19(20,21)22/h2-9,13H,10-12H2,1H3,(H2,23,24,25). The molecule has 0 spiro atoms. The molecule has 0 unspecified atom stereocenters. The van der Waals surface area contributed by atoms with Gasteiger partial charge in [-0.05, 0) is 41.8 Å². The van der Waals surface area contributed by atoms with E-state index in [1.807, 2.05) is 48.5 Å². The van der Waals surface area contributed by atoms with Gasteiger partial charge in [-0.3, -0.25) is 4.99 Å². The Labute approximate surface area is 155 Å². The number of nitrogens with two attached hydrogens (primary N) is 1. The monoisotopic (exact) mass is 379 g/mol. The van der Waals surface area contributed by atoms with Crippen molar-refractivity contribution in [2.24, 2.45) is 15.7 Å². The van der Waals surface area contributed by atoms with Crippen molar-refractivity contribution in [2.45, 2.75) is 19.2 Å². The van der Waals surface area contributed by atoms with Crippen LogP contribution in [0.3, 0.4) is 0 Å². The summed E-state index contributed by atoms with van der Waals surface area (Å²) in [4.78, 5) is 6.85. The van der Waals surface area contributed by atoms with Crippen LogP contribution >= 0.6 is 0 Å². The lowest BCUT2D eigenvalue weighted by atomic mass is 10.1. The Hall–Kier alpha value is -3.03. The quantitative estimate of drug-likeness (QED) is 0.561. The summed E-state index contributed by atoms with van der Waals surface area (Å²) < 4.78 is 47.2. The highest BCUT2D eigenvalue weighted by atomic mass is 19.4. The smallest absolute Gasteiger partial charge is 0.449 e. The molecule has 0 bridgehead atoms. The Kier molecular flexibility index (Phi) is 7.22. The molecule has 0 saturated heterocycles. The van der Waals surface area contributed by atoms with Gasteiger partial charge in [0, 0.05) is 6.54 Å². The molecule has 5 nitrogen and oxygen atoms in total. The average molecular weight is 379 g/mol. The van der Waals surface area contributed by atoms with E-state index in [2.05, 4.69) is 9.98 Å². The normalized spacial score (nSPS) is 12.4. The van der Waals surface area contributed by atoms with Gasteiger partial charge in [-0.1, -0.05) is 24.3 Å². The van der Waals surface area contributed by atoms with Crippen LogP contribution in [0.1, 0.15) is 11.1 Å². The van der Waals surface area contributed by atoms with E-state index in [9.17, 15) is 13.2 Å². The number of methoxy groups -OCH3 is 1. The third-order valence-corrected chi connectivity index (χ3v) is 3.59. The number of hydrogen-bond donors (Lipinski definition) is 1. The first kappa shape index (κ1) is 20.3. The van der Waals surface area contributed by atoms with E-state index in [-0.39, 0.29) is 0 Å². The molecule has 2 aromatic carbocycles. The highest BCUT2D eigenvalue weighted by Gasteiger charge is 2.33. The van der Waals surface area contributed by atoms with E-state index in [0.717, 1.165) is 29.0 Å². The zero-order chi connectivity index (χ0) is 19.7. The molecule has 0 aliphatic carbocycles. The van der Waals surface area contributed by atoms with E-state index < -0.39 is 12.0 Å². The number of benzene rings is 2. The van der Waals surface area contributed by atoms with Gasteiger partial charge in [0.05, 0.1) is 7.11 Å². The second kappa shape index (κ2) is 9.61. The van der Waals surface area contributed by atoms with Gasteiger partial charge in [-0.25, -0.2) is 4.99 Å². The van der Waals surface area contributed by atoms with Crippen molar-refractivity contribution >= 4 is 12.2 Å². The van der Waals surface area contributed by atoms with Crippen LogP contribution < -0.4 is 15.2 Å². The molecule has 0 heterocycles. The minimum absolute atomic E-state index is 0.306. The number of aliphatic imine (C=N–C) groups is 2. The molecule has 0 amide bonds. The van der Waals surface area contributed by atoms with Crippen LogP contribution in [-0.4, -0.2) is 32.0 Å². The van der Waals surface area contributed by atoms with Crippen molar-refractivity contribution in [2.75, 3.05) is 13.7 Å². The van der Waals surface area contributed by atoms with Gasteiger partial charge in [0.25, 0.3) is 0 Å². The minimum atomic E-state index is -4.63. The average Bonchev–Trinajstić information content (AvgIpc) is 2.66. The first-order valence-electron chi connectivity index (χ1n) is 8.12. The third-order valence-electron chi connectivity index (χ3n) is 3.59. The molecule has 27 heavy (non-hydrogen) atoms. The number of amidine groups is 1. The van der Waals surface area contributed by atoms with Gasteiger partial charge in [-0.15, -0.1) is 0 Å². The lowest BCUT2D eigenvalue weighted by Gasteiger charge is -2.08. The third kappa shape index (κ3) is 7.01. The number of nitrogens with zero attached hydrogens (tertiary/aromatic N) is 2. The Morgan fingerprint density at radius 1 is 1.00 bits per heavy atom. The molecular formula is C19H20F3N3O2. The fourth-order valence-electron chi connectivity index (χ4n) is 2.07. The van der Waals surface area contributed by atoms with E-state index >= 15 is 0 Å². The summed E-state index contributed by atoms with van der Waals surface area (Å²) in [6, 6.07) is 15.0. The molecule has 8 heteroatoms. The van der Waals surface area contributed by atoms with Crippen LogP contribution in [0, 0.1) is 0 Å². The molecule has 2 rings (SSSR count). The molecule has 0 fully saturated rings. The Balaban J connectivity index is 1.77. The molecule has 0 radical (unpaired) electrons. The molecule has 0 aromatic heterocycles. The van der Waals surface area contributed by atoms with Crippen LogP contribution in [0.4, 0.5) is 13.2 Å². The SMILES string of the molecule is COc1ccc(COc2ccc(CCN=CN=C(N)C(F)(F)F)cc2)cc1. The van der Waals surface area contributed by atoms with Crippen molar-refractivity contribution in [3.63, 3.8) is 0 Å². The zero-order valence-corrected chi connectivity index (χ0v) is 14.7. The summed E-state index contributed by atoms with van der Waals surface area (Å²) >= 11 is 0. The van der Waals surface area contributed by atoms with Crippen LogP contribution in [0.15, 0.2) is 58.5 Å². The minimum Gasteiger partial charge on any atom is -0.497 e. The molecule has 0 aliphatic rings. The summed E-state index contributed by atoms with van der Waals surface area (Å²) in [5.74, 6) is 0.0998. The van der Waals surface area contributed by atoms with Crippen molar-refractivity contribution < 1.29 is 22.6 Å². The second-order valence-corrected chi connectivity index (χ2v) is 5.56. The van der Waals surface area contributed by atoms with Crippen molar-refractivity contribution in [1.82, 2.24) is 0 Å². The van der Waals surface area contributed by atoms with Crippen LogP contribution in [0.2, 0.25) is 0 Å². The van der Waals surface area contributed by atoms with E-state index in [4.69, 9.17) is 15.2 Å². The molecule has 0 aliphatic heterocycles. The Morgan fingerprint density at radius 3 is 2.19 bits per heavy atom. The van der Waals surface area contributed by atoms with Gasteiger partial charge in [0.2, 0.25) is 5.84 Å². The molecule has 144 valence electrons. The van der Waals surface area contributed by atoms with Crippen molar-refractivity contribution in [1.29, 1.82) is 0 Å². The highest BCUT2D eigenvalue weighted by Crippen LogP contribution is 2.17. The second-order valence-electron chi connectivity index (χ2n) is 5.56. The topological polar surface area (TPSA) is 69.2 Å². The van der Waals surface area contributed by atoms with Gasteiger partial charge in [0.1, 0.15) is 24.4 Å². The Bertz CT molecular complexity index is 770. The number of ether oxygens (including phenoxy) is 2. The number of halogens is 3. The lowest BCUT2D eigenvalue weighted by Crippen LogP contribution is -2.31. The van der Waals surface area contributed by atoms with Crippen LogP contribution in [-0.2, 0) is 13.0 Å². The summed E-state index contributed by atoms with van der Waals surface area (Å²) in [7, 11) is 1.61. The van der Waals surface area contributed by atoms with Crippen molar-refractivity contribution in [3.05, 3.63) is 59.7 Å². The van der Waals surface area contributed by atoms with Gasteiger partial charge in [0.15, 0.2) is 0 Å². The van der Waals surface area contributed by atoms with E-state index in [1.165, 1.54) is 0 Å². The maximum Gasteiger partial charge on any atom is 0.449 e. The van der Waals surface area contributed by atoms with Crippen LogP contribution in [0.5, 0.6) is 11.5 Å². The number of hydrogen-bond acceptors (Lipinski definition) is 3. The molecule has 2 aromatic rings. The van der Waals surface area contributed by atoms with E-state index in [0.29, 0.717) is 19.6 Å². The summed E-state index contributed by atoms with van der Waals surface area (Å²) in [6.45, 7) is 0.743. The maximum absolute atomic E-state index is 12.1. The van der Waals surface area contributed by atoms with E-state index in [1.54, 1.807) is 7.11 Å². The largest absolute Gasteiger partial charge is 0.497 e. The summed E-state index contributed by atoms with van der Waals surface area (Å²) in [6.07, 6.45) is -3.24. The van der Waals surface area contributed by atoms with Gasteiger partial charge < -0.3 is 15.2 Å². The lowest BCUT2D eigenvalue weighted by molar-refractivity contribution is -0.0596. The molecule has 2 N–H and O–H groups in total. The fraction of sp³-hybridized carbons (Fsp3) is 0.263. The first-order valence-corrected chi connectivity index (χ1v) is 8.12. The fourth-order valence-corrected chi connectivity index (χ4v) is 2.07. The first-order chi connectivity index (χ1) is 12.9. The predicted octanol–water partition coefficient (Wildman–Crippen LogP) is 3.76. The van der Waals surface area contributed by atoms with Crippen molar-refractivity contribution in [3.8, 4) is 11.5 Å². The summed E-state index contributed by atoms with van der Waals surface area (Å²) in [5, 5.41) is 0. The van der Waals surface area contributed by atoms with Gasteiger partial charge >= 0.3 is 6.18 Å². The molecular weight excluding hydrogens is 359 g/mol. The molecule has 0 saturated carbocycles. The van der Waals surface area contributed by atoms with Gasteiger partial charge in [-0.2, -0.15) is 13.2 Å². The molecule has 0 atom stereocenters. The zero-order valence-electron chi connectivity index (χ0n) is 14.7. The maximum atomic E-state index is 12.1.